The van der Waals surface area contributed by atoms with Crippen LogP contribution in [0.5, 0.6) is 0 Å². The number of carbonyl (C=O) groups is 1. The van der Waals surface area contributed by atoms with Gasteiger partial charge in [0.05, 0.1) is 12.4 Å². The van der Waals surface area contributed by atoms with Crippen LogP contribution in [0.4, 0.5) is 5.82 Å². The van der Waals surface area contributed by atoms with Gasteiger partial charge in [0.1, 0.15) is 5.69 Å². The van der Waals surface area contributed by atoms with Crippen LogP contribution in [-0.4, -0.2) is 33.4 Å². The average molecular weight is 221 g/mol. The first kappa shape index (κ1) is 10.8. The van der Waals surface area contributed by atoms with Crippen LogP contribution in [-0.2, 0) is 0 Å². The van der Waals surface area contributed by atoms with Gasteiger partial charge in [-0.15, -0.1) is 0 Å². The van der Waals surface area contributed by atoms with Gasteiger partial charge in [0.15, 0.2) is 5.82 Å². The number of aromatic nitrogens is 2. The van der Waals surface area contributed by atoms with Crippen molar-refractivity contribution in [1.82, 2.24) is 14.9 Å². The summed E-state index contributed by atoms with van der Waals surface area (Å²) in [7, 11) is 0. The Kier molecular flexibility index (Phi) is 3.00. The quantitative estimate of drug-likeness (QED) is 0.557. The highest BCUT2D eigenvalue weighted by Gasteiger charge is 2.26. The van der Waals surface area contributed by atoms with Crippen LogP contribution in [0.2, 0.25) is 0 Å². The molecule has 0 aliphatic carbocycles. The molecule has 1 saturated heterocycles. The van der Waals surface area contributed by atoms with Crippen LogP contribution >= 0.6 is 0 Å². The molecular formula is C10H15N5O. The largest absolute Gasteiger partial charge is 0.335 e. The summed E-state index contributed by atoms with van der Waals surface area (Å²) >= 11 is 0. The van der Waals surface area contributed by atoms with Crippen molar-refractivity contribution in [2.75, 3.05) is 12.0 Å². The lowest BCUT2D eigenvalue weighted by Gasteiger charge is -2.20. The number of hydrogen-bond acceptors (Lipinski definition) is 5. The second kappa shape index (κ2) is 4.44. The molecule has 2 rings (SSSR count). The molecule has 2 heterocycles. The molecule has 1 aliphatic rings. The van der Waals surface area contributed by atoms with E-state index in [4.69, 9.17) is 5.84 Å². The monoisotopic (exact) mass is 221 g/mol. The average Bonchev–Trinajstić information content (AvgIpc) is 2.75. The van der Waals surface area contributed by atoms with Crippen molar-refractivity contribution in [3.8, 4) is 0 Å². The van der Waals surface area contributed by atoms with Gasteiger partial charge in [0.25, 0.3) is 5.91 Å². The maximum atomic E-state index is 12.0. The predicted molar refractivity (Wildman–Crippen MR) is 59.6 cm³/mol. The third kappa shape index (κ3) is 1.96. The molecule has 3 N–H and O–H groups in total. The number of amides is 1. The van der Waals surface area contributed by atoms with E-state index in [0.717, 1.165) is 19.4 Å². The van der Waals surface area contributed by atoms with Crippen LogP contribution in [0.15, 0.2) is 12.4 Å². The highest BCUT2D eigenvalue weighted by atomic mass is 16.2. The number of nitrogens with one attached hydrogen (secondary N) is 1. The standard InChI is InChI=1S/C10H15N5O/c1-7-3-2-4-15(7)10(16)8-5-13-9(14-11)6-12-8/h5-7H,2-4,11H2,1H3,(H,13,14). The van der Waals surface area contributed by atoms with Gasteiger partial charge in [-0.1, -0.05) is 0 Å². The first-order valence-electron chi connectivity index (χ1n) is 5.32. The molecule has 16 heavy (non-hydrogen) atoms. The highest BCUT2D eigenvalue weighted by Crippen LogP contribution is 2.18. The Hall–Kier alpha value is -1.69. The van der Waals surface area contributed by atoms with Crippen molar-refractivity contribution < 1.29 is 4.79 Å². The molecule has 1 unspecified atom stereocenters. The molecule has 1 amide bonds. The summed E-state index contributed by atoms with van der Waals surface area (Å²) in [6.07, 6.45) is 5.01. The summed E-state index contributed by atoms with van der Waals surface area (Å²) in [6.45, 7) is 2.85. The van der Waals surface area contributed by atoms with Crippen LogP contribution < -0.4 is 11.3 Å². The third-order valence-corrected chi connectivity index (χ3v) is 2.83. The maximum Gasteiger partial charge on any atom is 0.274 e. The number of carbonyl (C=O) groups excluding carboxylic acids is 1. The number of anilines is 1. The lowest BCUT2D eigenvalue weighted by atomic mass is 10.2. The van der Waals surface area contributed by atoms with Gasteiger partial charge in [0, 0.05) is 12.6 Å². The van der Waals surface area contributed by atoms with Gasteiger partial charge >= 0.3 is 0 Å². The molecule has 0 bridgehead atoms. The van der Waals surface area contributed by atoms with Gasteiger partial charge in [-0.25, -0.2) is 15.8 Å². The minimum absolute atomic E-state index is 0.0546. The zero-order valence-electron chi connectivity index (χ0n) is 9.18. The summed E-state index contributed by atoms with van der Waals surface area (Å²) in [5, 5.41) is 0. The van der Waals surface area contributed by atoms with Crippen molar-refractivity contribution in [3.63, 3.8) is 0 Å². The normalized spacial score (nSPS) is 19.9. The summed E-state index contributed by atoms with van der Waals surface area (Å²) in [6, 6.07) is 0.293. The van der Waals surface area contributed by atoms with Gasteiger partial charge in [-0.2, -0.15) is 0 Å². The van der Waals surface area contributed by atoms with Gasteiger partial charge in [-0.05, 0) is 19.8 Å². The van der Waals surface area contributed by atoms with Crippen LogP contribution in [0, 0.1) is 0 Å². The van der Waals surface area contributed by atoms with Crippen LogP contribution in [0.1, 0.15) is 30.3 Å². The summed E-state index contributed by atoms with van der Waals surface area (Å²) in [4.78, 5) is 21.9. The first-order valence-corrected chi connectivity index (χ1v) is 5.32. The minimum atomic E-state index is -0.0546. The first-order chi connectivity index (χ1) is 7.72. The Bertz CT molecular complexity index is 377. The number of nitrogen functional groups attached to an aromatic ring is 1. The number of nitrogens with zero attached hydrogens (tertiary/aromatic N) is 3. The topological polar surface area (TPSA) is 84.1 Å². The summed E-state index contributed by atoms with van der Waals surface area (Å²) in [5.41, 5.74) is 2.74. The lowest BCUT2D eigenvalue weighted by Crippen LogP contribution is -2.34. The molecule has 86 valence electrons. The highest BCUT2D eigenvalue weighted by molar-refractivity contribution is 5.92. The molecule has 0 aromatic carbocycles. The summed E-state index contributed by atoms with van der Waals surface area (Å²) < 4.78 is 0. The molecule has 6 heteroatoms. The van der Waals surface area contributed by atoms with Crippen LogP contribution in [0.25, 0.3) is 0 Å². The number of likely N-dealkylation sites (tertiary alicyclic amines) is 1. The van der Waals surface area contributed by atoms with Crippen molar-refractivity contribution in [2.24, 2.45) is 5.84 Å². The van der Waals surface area contributed by atoms with E-state index in [0.29, 0.717) is 17.6 Å². The fraction of sp³-hybridized carbons (Fsp3) is 0.500. The predicted octanol–water partition coefficient (Wildman–Crippen LogP) is 0.387. The van der Waals surface area contributed by atoms with E-state index in [1.54, 1.807) is 0 Å². The van der Waals surface area contributed by atoms with Crippen LogP contribution in [0.3, 0.4) is 0 Å². The van der Waals surface area contributed by atoms with Gasteiger partial charge < -0.3 is 10.3 Å². The maximum absolute atomic E-state index is 12.0. The Balaban J connectivity index is 2.14. The lowest BCUT2D eigenvalue weighted by molar-refractivity contribution is 0.0741. The Morgan fingerprint density at radius 3 is 2.88 bits per heavy atom. The van der Waals surface area contributed by atoms with Gasteiger partial charge in [-0.3, -0.25) is 4.79 Å². The van der Waals surface area contributed by atoms with Crippen molar-refractivity contribution in [2.45, 2.75) is 25.8 Å². The van der Waals surface area contributed by atoms with E-state index in [9.17, 15) is 4.79 Å². The Morgan fingerprint density at radius 2 is 2.38 bits per heavy atom. The number of hydrogen-bond donors (Lipinski definition) is 2. The molecule has 1 aromatic rings. The molecule has 1 aromatic heterocycles. The number of nitrogens with two attached hydrogens (primary N) is 1. The molecule has 0 spiro atoms. The number of rotatable bonds is 2. The SMILES string of the molecule is CC1CCCN1C(=O)c1cnc(NN)cn1. The molecule has 1 atom stereocenters. The molecule has 0 saturated carbocycles. The molecule has 6 nitrogen and oxygen atoms in total. The molecule has 0 radical (unpaired) electrons. The van der Waals surface area contributed by atoms with E-state index in [1.165, 1.54) is 12.4 Å². The Morgan fingerprint density at radius 1 is 1.56 bits per heavy atom. The van der Waals surface area contributed by atoms with E-state index in [-0.39, 0.29) is 5.91 Å². The van der Waals surface area contributed by atoms with Crippen molar-refractivity contribution in [1.29, 1.82) is 0 Å². The molecule has 1 aliphatic heterocycles. The zero-order valence-corrected chi connectivity index (χ0v) is 9.18. The van der Waals surface area contributed by atoms with Crippen molar-refractivity contribution in [3.05, 3.63) is 18.1 Å². The Labute approximate surface area is 93.8 Å². The van der Waals surface area contributed by atoms with E-state index >= 15 is 0 Å². The smallest absolute Gasteiger partial charge is 0.274 e. The zero-order chi connectivity index (χ0) is 11.5. The minimum Gasteiger partial charge on any atom is -0.335 e. The van der Waals surface area contributed by atoms with E-state index in [1.807, 2.05) is 11.8 Å². The second-order valence-corrected chi connectivity index (χ2v) is 3.92. The van der Waals surface area contributed by atoms with Gasteiger partial charge in [0.2, 0.25) is 0 Å². The third-order valence-electron chi connectivity index (χ3n) is 2.83. The fourth-order valence-corrected chi connectivity index (χ4v) is 1.90. The van der Waals surface area contributed by atoms with E-state index in [2.05, 4.69) is 15.4 Å². The second-order valence-electron chi connectivity index (χ2n) is 3.92. The number of hydrazine groups is 1. The fourth-order valence-electron chi connectivity index (χ4n) is 1.90. The molecule has 1 fully saturated rings. The van der Waals surface area contributed by atoms with Crippen molar-refractivity contribution >= 4 is 11.7 Å². The van der Waals surface area contributed by atoms with E-state index < -0.39 is 0 Å². The summed E-state index contributed by atoms with van der Waals surface area (Å²) in [5.74, 6) is 5.57. The molecular weight excluding hydrogens is 206 g/mol.